The van der Waals surface area contributed by atoms with Gasteiger partial charge in [0.25, 0.3) is 0 Å². The van der Waals surface area contributed by atoms with E-state index in [1.165, 1.54) is 0 Å². The van der Waals surface area contributed by atoms with Crippen molar-refractivity contribution < 1.29 is 14.3 Å². The largest absolute Gasteiger partial charge is 0.467 e. The molecule has 1 aliphatic heterocycles. The molecule has 5 nitrogen and oxygen atoms in total. The second-order valence-corrected chi connectivity index (χ2v) is 7.02. The molecule has 1 aromatic heterocycles. The second kappa shape index (κ2) is 9.55. The highest BCUT2D eigenvalue weighted by atomic mass is 16.4. The van der Waals surface area contributed by atoms with Crippen LogP contribution in [0.3, 0.4) is 0 Å². The van der Waals surface area contributed by atoms with Gasteiger partial charge in [-0.1, -0.05) is 30.3 Å². The Kier molecular flexibility index (Phi) is 6.86. The van der Waals surface area contributed by atoms with Crippen LogP contribution in [0.2, 0.25) is 0 Å². The number of hydrogen-bond acceptors (Lipinski definition) is 4. The monoisotopic (exact) mass is 356 g/mol. The van der Waals surface area contributed by atoms with E-state index >= 15 is 0 Å². The smallest absolute Gasteiger partial charge is 0.222 e. The van der Waals surface area contributed by atoms with Crippen molar-refractivity contribution in [1.82, 2.24) is 10.2 Å². The van der Waals surface area contributed by atoms with E-state index in [9.17, 15) is 9.90 Å². The fourth-order valence-electron chi connectivity index (χ4n) is 3.49. The Morgan fingerprint density at radius 3 is 2.65 bits per heavy atom. The lowest BCUT2D eigenvalue weighted by atomic mass is 9.93. The molecule has 1 saturated heterocycles. The molecule has 1 aromatic carbocycles. The van der Waals surface area contributed by atoms with Gasteiger partial charge in [0.05, 0.1) is 12.8 Å². The Bertz CT molecular complexity index is 651. The molecule has 5 heteroatoms. The highest BCUT2D eigenvalue weighted by Gasteiger charge is 2.22. The molecule has 1 amide bonds. The van der Waals surface area contributed by atoms with Gasteiger partial charge in [-0.2, -0.15) is 0 Å². The molecule has 2 aromatic rings. The van der Waals surface area contributed by atoms with Crippen LogP contribution in [-0.2, 0) is 11.3 Å². The topological polar surface area (TPSA) is 65.7 Å². The molecule has 140 valence electrons. The first-order chi connectivity index (χ1) is 12.7. The molecular weight excluding hydrogens is 328 g/mol. The Hall–Kier alpha value is -2.11. The van der Waals surface area contributed by atoms with E-state index in [1.54, 1.807) is 23.3 Å². The van der Waals surface area contributed by atoms with Gasteiger partial charge < -0.3 is 19.7 Å². The molecule has 0 aliphatic carbocycles. The first kappa shape index (κ1) is 18.7. The number of carbonyl (C=O) groups is 1. The number of carbonyl (C=O) groups excluding carboxylic acids is 1. The van der Waals surface area contributed by atoms with Gasteiger partial charge >= 0.3 is 0 Å². The van der Waals surface area contributed by atoms with Crippen molar-refractivity contribution >= 4 is 5.91 Å². The van der Waals surface area contributed by atoms with Gasteiger partial charge in [0, 0.05) is 13.0 Å². The number of aliphatic hydroxyl groups is 1. The molecule has 1 fully saturated rings. The summed E-state index contributed by atoms with van der Waals surface area (Å²) in [5, 5.41) is 13.8. The zero-order valence-corrected chi connectivity index (χ0v) is 15.1. The quantitative estimate of drug-likeness (QED) is 0.763. The number of piperidine rings is 1. The lowest BCUT2D eigenvalue weighted by molar-refractivity contribution is -0.133. The maximum Gasteiger partial charge on any atom is 0.222 e. The average Bonchev–Trinajstić information content (AvgIpc) is 3.22. The van der Waals surface area contributed by atoms with Crippen molar-refractivity contribution in [3.05, 3.63) is 60.1 Å². The number of nitrogens with one attached hydrogen (secondary N) is 1. The highest BCUT2D eigenvalue weighted by molar-refractivity contribution is 5.76. The minimum atomic E-state index is -0.809. The number of hydrogen-bond donors (Lipinski definition) is 2. The summed E-state index contributed by atoms with van der Waals surface area (Å²) in [6.45, 7) is 2.84. The predicted octanol–water partition coefficient (Wildman–Crippen LogP) is 3.12. The predicted molar refractivity (Wildman–Crippen MR) is 100 cm³/mol. The normalized spacial score (nSPS) is 16.3. The molecule has 0 saturated carbocycles. The summed E-state index contributed by atoms with van der Waals surface area (Å²) in [6, 6.07) is 13.4. The van der Waals surface area contributed by atoms with Crippen LogP contribution < -0.4 is 5.32 Å². The van der Waals surface area contributed by atoms with E-state index in [1.807, 2.05) is 30.3 Å². The Balaban J connectivity index is 1.61. The number of aliphatic hydroxyl groups excluding tert-OH is 1. The van der Waals surface area contributed by atoms with Crippen LogP contribution in [0.1, 0.15) is 43.1 Å². The maximum atomic E-state index is 12.9. The third-order valence-electron chi connectivity index (χ3n) is 5.06. The van der Waals surface area contributed by atoms with Gasteiger partial charge in [-0.15, -0.1) is 0 Å². The molecule has 1 unspecified atom stereocenters. The van der Waals surface area contributed by atoms with E-state index in [0.29, 0.717) is 24.6 Å². The minimum absolute atomic E-state index is 0.0954. The van der Waals surface area contributed by atoms with Crippen molar-refractivity contribution in [2.45, 2.75) is 38.3 Å². The molecular formula is C21H28N2O3. The van der Waals surface area contributed by atoms with E-state index in [0.717, 1.165) is 37.9 Å². The van der Waals surface area contributed by atoms with Crippen LogP contribution in [-0.4, -0.2) is 35.5 Å². The zero-order chi connectivity index (χ0) is 18.2. The Labute approximate surface area is 155 Å². The lowest BCUT2D eigenvalue weighted by Gasteiger charge is -2.27. The number of nitrogens with zero attached hydrogens (tertiary/aromatic N) is 1. The van der Waals surface area contributed by atoms with Crippen LogP contribution >= 0.6 is 0 Å². The Morgan fingerprint density at radius 2 is 1.96 bits per heavy atom. The third-order valence-corrected chi connectivity index (χ3v) is 5.06. The minimum Gasteiger partial charge on any atom is -0.467 e. The Morgan fingerprint density at radius 1 is 1.19 bits per heavy atom. The summed E-state index contributed by atoms with van der Waals surface area (Å²) < 4.78 is 5.29. The van der Waals surface area contributed by atoms with Crippen molar-refractivity contribution in [3.63, 3.8) is 0 Å². The van der Waals surface area contributed by atoms with Crippen LogP contribution in [0.4, 0.5) is 0 Å². The summed E-state index contributed by atoms with van der Waals surface area (Å²) >= 11 is 0. The van der Waals surface area contributed by atoms with Gasteiger partial charge in [0.1, 0.15) is 11.9 Å². The molecule has 2 heterocycles. The fourth-order valence-corrected chi connectivity index (χ4v) is 3.49. The van der Waals surface area contributed by atoms with Crippen LogP contribution in [0.5, 0.6) is 0 Å². The molecule has 0 bridgehead atoms. The molecule has 2 N–H and O–H groups in total. The van der Waals surface area contributed by atoms with Crippen molar-refractivity contribution in [3.8, 4) is 0 Å². The summed E-state index contributed by atoms with van der Waals surface area (Å²) in [6.07, 6.45) is 4.46. The van der Waals surface area contributed by atoms with Crippen molar-refractivity contribution in [2.75, 3.05) is 19.6 Å². The van der Waals surface area contributed by atoms with Crippen LogP contribution in [0.25, 0.3) is 0 Å². The molecule has 3 rings (SSSR count). The number of amides is 1. The summed E-state index contributed by atoms with van der Waals surface area (Å²) in [5.41, 5.74) is 1.06. The third kappa shape index (κ3) is 5.44. The average molecular weight is 356 g/mol. The molecule has 1 atom stereocenters. The molecule has 1 aliphatic rings. The first-order valence-corrected chi connectivity index (χ1v) is 9.46. The van der Waals surface area contributed by atoms with Gasteiger partial charge in [-0.05, 0) is 56.0 Å². The van der Waals surface area contributed by atoms with E-state index in [4.69, 9.17) is 4.42 Å². The van der Waals surface area contributed by atoms with E-state index in [2.05, 4.69) is 5.32 Å². The molecule has 0 radical (unpaired) electrons. The zero-order valence-electron chi connectivity index (χ0n) is 15.1. The molecule has 0 spiro atoms. The summed E-state index contributed by atoms with van der Waals surface area (Å²) in [7, 11) is 0. The summed E-state index contributed by atoms with van der Waals surface area (Å²) in [4.78, 5) is 14.6. The number of furan rings is 1. The fraction of sp³-hybridized carbons (Fsp3) is 0.476. The standard InChI is InChI=1S/C21H28N2O3/c24-19(20-7-4-14-26-20)16-23(15-18-5-2-1-3-6-18)21(25)9-8-17-10-12-22-13-11-17/h1-7,14,17,19,22,24H,8-13,15-16H2. The number of benzene rings is 1. The summed E-state index contributed by atoms with van der Waals surface area (Å²) in [5.74, 6) is 1.21. The van der Waals surface area contributed by atoms with E-state index < -0.39 is 6.10 Å². The maximum absolute atomic E-state index is 12.9. The van der Waals surface area contributed by atoms with Gasteiger partial charge in [-0.3, -0.25) is 4.79 Å². The SMILES string of the molecule is O=C(CCC1CCNCC1)N(Cc1ccccc1)CC(O)c1ccco1. The van der Waals surface area contributed by atoms with E-state index in [-0.39, 0.29) is 12.5 Å². The first-order valence-electron chi connectivity index (χ1n) is 9.46. The van der Waals surface area contributed by atoms with Gasteiger partial charge in [-0.25, -0.2) is 0 Å². The van der Waals surface area contributed by atoms with Gasteiger partial charge in [0.15, 0.2) is 0 Å². The van der Waals surface area contributed by atoms with Crippen LogP contribution in [0.15, 0.2) is 53.1 Å². The van der Waals surface area contributed by atoms with Crippen molar-refractivity contribution in [2.24, 2.45) is 5.92 Å². The van der Waals surface area contributed by atoms with Crippen LogP contribution in [0, 0.1) is 5.92 Å². The lowest BCUT2D eigenvalue weighted by Crippen LogP contribution is -2.35. The van der Waals surface area contributed by atoms with Crippen molar-refractivity contribution in [1.29, 1.82) is 0 Å². The molecule has 26 heavy (non-hydrogen) atoms. The number of rotatable bonds is 8. The second-order valence-electron chi connectivity index (χ2n) is 7.02. The highest BCUT2D eigenvalue weighted by Crippen LogP contribution is 2.21. The van der Waals surface area contributed by atoms with Gasteiger partial charge in [0.2, 0.25) is 5.91 Å².